The molecule has 1 aromatic heterocycles. The second kappa shape index (κ2) is 28.2. The molecule has 0 saturated carbocycles. The fraction of sp³-hybridized carbons (Fsp3) is 0. The minimum Gasteiger partial charge on any atom is -0.399 e. The van der Waals surface area contributed by atoms with Gasteiger partial charge in [0.15, 0.2) is 0 Å². The fourth-order valence-corrected chi connectivity index (χ4v) is 58.8. The molecule has 0 aliphatic rings. The summed E-state index contributed by atoms with van der Waals surface area (Å²) in [6.07, 6.45) is 0. The van der Waals surface area contributed by atoms with E-state index in [4.69, 9.17) is 28.1 Å². The van der Waals surface area contributed by atoms with E-state index < -0.39 is 0 Å². The quantitative estimate of drug-likeness (QED) is 0.221. The SMILES string of the molecule is Nc1cccc(-c2ccc(-n3c4ccccc4c4ccccc43)cc2)c1.S=S=S=S=S=S=S=S=S=S=S=S=S=S=S=S=S=S=S=S=S=S=S=S. The van der Waals surface area contributed by atoms with E-state index in [1.807, 2.05) is 53.7 Å². The highest BCUT2D eigenvalue weighted by molar-refractivity contribution is 8.79. The van der Waals surface area contributed by atoms with Gasteiger partial charge in [0.25, 0.3) is 0 Å². The van der Waals surface area contributed by atoms with E-state index in [9.17, 15) is 0 Å². The molecule has 0 atom stereocenters. The Labute approximate surface area is 362 Å². The summed E-state index contributed by atoms with van der Waals surface area (Å²) in [7, 11) is 38.1. The Morgan fingerprint density at radius 2 is 0.760 bits per heavy atom. The maximum Gasteiger partial charge on any atom is 0.0541 e. The van der Waals surface area contributed by atoms with Crippen molar-refractivity contribution in [2.24, 2.45) is 0 Å². The molecule has 0 bridgehead atoms. The number of para-hydroxylation sites is 2. The number of aromatic nitrogens is 1. The van der Waals surface area contributed by atoms with E-state index in [1.165, 1.54) is 45.1 Å². The molecule has 0 unspecified atom stereocenters. The first-order valence-corrected chi connectivity index (χ1v) is 43.3. The molecule has 2 N–H and O–H groups in total. The molecule has 1 heterocycles. The first-order valence-electron chi connectivity index (χ1n) is 12.6. The van der Waals surface area contributed by atoms with Gasteiger partial charge >= 0.3 is 0 Å². The van der Waals surface area contributed by atoms with Crippen LogP contribution in [-0.2, 0) is 218 Å². The number of nitrogens with zero attached hydrogens (tertiary/aromatic N) is 1. The molecule has 0 amide bonds. The van der Waals surface area contributed by atoms with E-state index in [-0.39, 0.29) is 0 Å². The van der Waals surface area contributed by atoms with E-state index >= 15 is 0 Å². The minimum absolute atomic E-state index is 0.786. The van der Waals surface area contributed by atoms with Crippen LogP contribution in [0.5, 0.6) is 0 Å². The zero-order valence-corrected chi connectivity index (χ0v) is 43.7. The van der Waals surface area contributed by atoms with Crippen LogP contribution >= 0.6 is 0 Å². The van der Waals surface area contributed by atoms with Crippen molar-refractivity contribution in [1.82, 2.24) is 4.57 Å². The van der Waals surface area contributed by atoms with Crippen LogP contribution in [0.15, 0.2) is 97.1 Å². The Hall–Kier alpha value is 1.76. The molecule has 2 nitrogen and oxygen atoms in total. The van der Waals surface area contributed by atoms with Crippen LogP contribution in [-0.4, -0.2) is 4.57 Å². The van der Waals surface area contributed by atoms with E-state index in [2.05, 4.69) is 83.4 Å². The summed E-state index contributed by atoms with van der Waals surface area (Å²) >= 11 is 9.54. The van der Waals surface area contributed by atoms with Crippen molar-refractivity contribution in [1.29, 1.82) is 0 Å². The van der Waals surface area contributed by atoms with Gasteiger partial charge in [0, 0.05) is 240 Å². The van der Waals surface area contributed by atoms with E-state index in [1.54, 1.807) is 142 Å². The molecule has 0 spiro atoms. The Morgan fingerprint density at radius 3 is 1.14 bits per heavy atom. The normalized spacial score (nSPS) is 9.44. The highest BCUT2D eigenvalue weighted by Gasteiger charge is 2.11. The average molecular weight is 1100 g/mol. The lowest BCUT2D eigenvalue weighted by Crippen LogP contribution is -1.93. The summed E-state index contributed by atoms with van der Waals surface area (Å²) in [6, 6.07) is 33.8. The third-order valence-electron chi connectivity index (χ3n) is 5.51. The summed E-state index contributed by atoms with van der Waals surface area (Å²) in [5, 5.41) is 2.56. The molecule has 5 aromatic rings. The van der Waals surface area contributed by atoms with Gasteiger partial charge in [0.2, 0.25) is 0 Å². The second-order valence-electron chi connectivity index (χ2n) is 8.04. The van der Waals surface area contributed by atoms with Gasteiger partial charge < -0.3 is 10.3 Å². The van der Waals surface area contributed by atoms with Crippen LogP contribution in [0, 0.1) is 0 Å². The van der Waals surface area contributed by atoms with Crippen LogP contribution in [0.4, 0.5) is 5.69 Å². The summed E-state index contributed by atoms with van der Waals surface area (Å²) in [4.78, 5) is 0. The maximum atomic E-state index is 5.92. The van der Waals surface area contributed by atoms with Gasteiger partial charge in [-0.2, -0.15) is 0 Å². The van der Waals surface area contributed by atoms with Gasteiger partial charge in [-0.05, 0) is 47.5 Å². The largest absolute Gasteiger partial charge is 0.399 e. The number of nitrogens with two attached hydrogens (primary N) is 1. The van der Waals surface area contributed by atoms with Crippen molar-refractivity contribution in [2.75, 3.05) is 5.73 Å². The third-order valence-corrected chi connectivity index (χ3v) is 52.2. The third kappa shape index (κ3) is 16.5. The molecule has 50 heavy (non-hydrogen) atoms. The molecule has 0 aliphatic carbocycles. The predicted molar refractivity (Wildman–Crippen MR) is 287 cm³/mol. The standard InChI is InChI=1S/C24H18N2.S24/c25-19-7-5-6-18(16-19)17-12-14-20(15-13-17)26-23-10-3-1-8-21(23)22-9-2-4-11-24(22)26;1-3-5-7-9-11-13-15-17-19-21-23-24-22-20-18-16-14-12-10-8-6-4-2/h1-16H,25H2;. The van der Waals surface area contributed by atoms with Gasteiger partial charge in [0.1, 0.15) is 0 Å². The Morgan fingerprint density at radius 1 is 0.380 bits per heavy atom. The molecule has 0 radical (unpaired) electrons. The van der Waals surface area contributed by atoms with Gasteiger partial charge in [-0.1, -0.05) is 60.7 Å². The van der Waals surface area contributed by atoms with Crippen molar-refractivity contribution in [3.63, 3.8) is 0 Å². The van der Waals surface area contributed by atoms with Gasteiger partial charge in [-0.25, -0.2) is 0 Å². The first-order chi connectivity index (χ1) is 24.7. The lowest BCUT2D eigenvalue weighted by molar-refractivity contribution is 1.18. The Kier molecular flexibility index (Phi) is 25.1. The van der Waals surface area contributed by atoms with Crippen LogP contribution in [0.2, 0.25) is 0 Å². The molecule has 268 valence electrons. The molecular formula is C24H18N2S24. The fourth-order valence-electron chi connectivity index (χ4n) is 3.95. The molecule has 26 heteroatoms. The lowest BCUT2D eigenvalue weighted by Gasteiger charge is -2.09. The predicted octanol–water partition coefficient (Wildman–Crippen LogP) is 5.98. The zero-order chi connectivity index (χ0) is 35.1. The van der Waals surface area contributed by atoms with Gasteiger partial charge in [-0.15, -0.1) is 0 Å². The molecule has 0 fully saturated rings. The van der Waals surface area contributed by atoms with Crippen molar-refractivity contribution < 1.29 is 0 Å². The molecule has 0 aliphatic heterocycles. The molecule has 5 rings (SSSR count). The summed E-state index contributed by atoms with van der Waals surface area (Å²) in [5.41, 5.74) is 12.6. The number of hydrogen-bond donors (Lipinski definition) is 1. The number of nitrogen functional groups attached to an aromatic ring is 1. The van der Waals surface area contributed by atoms with E-state index in [0.29, 0.717) is 0 Å². The van der Waals surface area contributed by atoms with E-state index in [0.717, 1.165) is 16.9 Å². The van der Waals surface area contributed by atoms with Crippen LogP contribution in [0.1, 0.15) is 0 Å². The van der Waals surface area contributed by atoms with Crippen LogP contribution < -0.4 is 5.73 Å². The summed E-state index contributed by atoms with van der Waals surface area (Å²) < 4.78 is 2.33. The highest BCUT2D eigenvalue weighted by Crippen LogP contribution is 2.32. The van der Waals surface area contributed by atoms with Crippen molar-refractivity contribution in [2.45, 2.75) is 0 Å². The molecule has 4 aromatic carbocycles. The summed E-state index contributed by atoms with van der Waals surface area (Å²) in [6.45, 7) is 0. The monoisotopic (exact) mass is 1100 g/mol. The number of rotatable bonds is 2. The zero-order valence-electron chi connectivity index (χ0n) is 24.1. The van der Waals surface area contributed by atoms with Crippen molar-refractivity contribution in [3.8, 4) is 16.8 Å². The molecule has 0 saturated heterocycles. The van der Waals surface area contributed by atoms with Gasteiger partial charge in [-0.3, -0.25) is 0 Å². The van der Waals surface area contributed by atoms with Crippen molar-refractivity contribution >= 4 is 245 Å². The summed E-state index contributed by atoms with van der Waals surface area (Å²) in [5.74, 6) is 0. The Bertz CT molecular complexity index is 2870. The smallest absolute Gasteiger partial charge is 0.0541 e. The van der Waals surface area contributed by atoms with Gasteiger partial charge in [0.05, 0.1) is 11.0 Å². The number of anilines is 1. The molecular weight excluding hydrogens is 1090 g/mol. The van der Waals surface area contributed by atoms with Crippen molar-refractivity contribution in [3.05, 3.63) is 97.1 Å². The second-order valence-corrected chi connectivity index (χ2v) is 47.0. The van der Waals surface area contributed by atoms with Crippen LogP contribution in [0.25, 0.3) is 38.6 Å². The highest BCUT2D eigenvalue weighted by atomic mass is 33.5. The Balaban J connectivity index is 0.000000226. The average Bonchev–Trinajstić information content (AvgIpc) is 3.49. The van der Waals surface area contributed by atoms with Crippen LogP contribution in [0.3, 0.4) is 0 Å². The number of hydrogen-bond acceptors (Lipinski definition) is 3. The first kappa shape index (κ1) is 44.5. The topological polar surface area (TPSA) is 30.9 Å². The lowest BCUT2D eigenvalue weighted by atomic mass is 10.0. The minimum atomic E-state index is 0.786. The number of benzene rings is 4. The maximum absolute atomic E-state index is 5.92. The number of fused-ring (bicyclic) bond motifs is 3.